The zero-order chi connectivity index (χ0) is 22.9. The minimum Gasteiger partial charge on any atom is -0.494 e. The fraction of sp³-hybridized carbons (Fsp3) is 0.593. The Bertz CT molecular complexity index is 952. The van der Waals surface area contributed by atoms with Gasteiger partial charge < -0.3 is 9.47 Å². The number of para-hydroxylation sites is 1. The van der Waals surface area contributed by atoms with E-state index in [0.29, 0.717) is 24.3 Å². The van der Waals surface area contributed by atoms with Crippen molar-refractivity contribution < 1.29 is 19.1 Å². The smallest absolute Gasteiger partial charge is 0.336 e. The predicted octanol–water partition coefficient (Wildman–Crippen LogP) is 5.78. The first-order chi connectivity index (χ1) is 15.3. The van der Waals surface area contributed by atoms with Crippen molar-refractivity contribution in [2.24, 2.45) is 16.3 Å². The Labute approximate surface area is 191 Å². The van der Waals surface area contributed by atoms with E-state index in [-0.39, 0.29) is 23.3 Å². The highest BCUT2D eigenvalue weighted by atomic mass is 16.5. The highest BCUT2D eigenvalue weighted by molar-refractivity contribution is 6.12. The molecule has 0 radical (unpaired) electrons. The highest BCUT2D eigenvalue weighted by Gasteiger charge is 2.48. The SMILES string of the molecule is CCOc1ccccc1[C@@H]1C(C(=O)OC2CCCCC2)=C(C)N=C2CC(C)(C)CC(=O)C21. The number of ether oxygens (including phenoxy) is 2. The van der Waals surface area contributed by atoms with E-state index < -0.39 is 11.8 Å². The van der Waals surface area contributed by atoms with Crippen LogP contribution in [0.2, 0.25) is 0 Å². The van der Waals surface area contributed by atoms with Crippen LogP contribution in [-0.2, 0) is 14.3 Å². The van der Waals surface area contributed by atoms with Crippen LogP contribution in [0.15, 0.2) is 40.5 Å². The molecule has 3 aliphatic rings. The van der Waals surface area contributed by atoms with Crippen LogP contribution < -0.4 is 4.74 Å². The van der Waals surface area contributed by atoms with Crippen molar-refractivity contribution >= 4 is 17.5 Å². The molecule has 0 N–H and O–H groups in total. The summed E-state index contributed by atoms with van der Waals surface area (Å²) in [5.74, 6) is -0.334. The summed E-state index contributed by atoms with van der Waals surface area (Å²) in [6.07, 6.45) is 6.36. The zero-order valence-electron chi connectivity index (χ0n) is 19.8. The fourth-order valence-corrected chi connectivity index (χ4v) is 5.62. The lowest BCUT2D eigenvalue weighted by Gasteiger charge is -2.41. The highest BCUT2D eigenvalue weighted by Crippen LogP contribution is 2.49. The molecule has 4 rings (SSSR count). The number of carbonyl (C=O) groups is 2. The minimum atomic E-state index is -0.442. The second kappa shape index (κ2) is 9.21. The van der Waals surface area contributed by atoms with Gasteiger partial charge in [-0.3, -0.25) is 9.79 Å². The van der Waals surface area contributed by atoms with E-state index in [1.807, 2.05) is 38.1 Å². The number of Topliss-reactive ketones (excluding diaryl/α,β-unsaturated/α-hetero) is 1. The number of nitrogens with zero attached hydrogens (tertiary/aromatic N) is 1. The van der Waals surface area contributed by atoms with Crippen LogP contribution in [0.3, 0.4) is 0 Å². The molecule has 2 atom stereocenters. The van der Waals surface area contributed by atoms with Gasteiger partial charge in [0.25, 0.3) is 0 Å². The molecule has 1 aromatic rings. The summed E-state index contributed by atoms with van der Waals surface area (Å²) in [7, 11) is 0. The van der Waals surface area contributed by atoms with Crippen molar-refractivity contribution in [1.82, 2.24) is 0 Å². The second-order valence-corrected chi connectivity index (χ2v) is 10.2. The molecule has 1 heterocycles. The van der Waals surface area contributed by atoms with Crippen LogP contribution in [0.4, 0.5) is 0 Å². The summed E-state index contributed by atoms with van der Waals surface area (Å²) < 4.78 is 11.9. The van der Waals surface area contributed by atoms with Crippen molar-refractivity contribution in [3.63, 3.8) is 0 Å². The molecule has 1 aliphatic heterocycles. The Balaban J connectivity index is 1.79. The van der Waals surface area contributed by atoms with Gasteiger partial charge in [0, 0.05) is 29.3 Å². The summed E-state index contributed by atoms with van der Waals surface area (Å²) >= 11 is 0. The second-order valence-electron chi connectivity index (χ2n) is 10.2. The number of esters is 1. The third-order valence-electron chi connectivity index (χ3n) is 6.96. The van der Waals surface area contributed by atoms with Crippen LogP contribution in [0, 0.1) is 11.3 Å². The van der Waals surface area contributed by atoms with Crippen molar-refractivity contribution in [3.05, 3.63) is 41.1 Å². The topological polar surface area (TPSA) is 65.0 Å². The van der Waals surface area contributed by atoms with Gasteiger partial charge in [0.05, 0.1) is 18.1 Å². The molecule has 0 saturated heterocycles. The van der Waals surface area contributed by atoms with Gasteiger partial charge >= 0.3 is 5.97 Å². The van der Waals surface area contributed by atoms with Crippen LogP contribution >= 0.6 is 0 Å². The first kappa shape index (κ1) is 22.8. The molecule has 0 aromatic heterocycles. The van der Waals surface area contributed by atoms with Gasteiger partial charge in [0.15, 0.2) is 0 Å². The molecule has 0 spiro atoms. The quantitative estimate of drug-likeness (QED) is 0.548. The van der Waals surface area contributed by atoms with Crippen LogP contribution in [0.25, 0.3) is 0 Å². The molecule has 2 fully saturated rings. The first-order valence-electron chi connectivity index (χ1n) is 12.0. The molecule has 2 aliphatic carbocycles. The Morgan fingerprint density at radius 3 is 2.53 bits per heavy atom. The lowest BCUT2D eigenvalue weighted by molar-refractivity contribution is -0.146. The number of hydrogen-bond donors (Lipinski definition) is 0. The maximum atomic E-state index is 13.5. The van der Waals surface area contributed by atoms with E-state index in [2.05, 4.69) is 13.8 Å². The van der Waals surface area contributed by atoms with Gasteiger partial charge in [-0.05, 0) is 57.4 Å². The first-order valence-corrected chi connectivity index (χ1v) is 12.0. The third-order valence-corrected chi connectivity index (χ3v) is 6.96. The number of ketones is 1. The van der Waals surface area contributed by atoms with Crippen LogP contribution in [0.5, 0.6) is 5.75 Å². The molecule has 5 heteroatoms. The average Bonchev–Trinajstić information content (AvgIpc) is 2.73. The van der Waals surface area contributed by atoms with Gasteiger partial charge in [-0.25, -0.2) is 4.79 Å². The predicted molar refractivity (Wildman–Crippen MR) is 125 cm³/mol. The van der Waals surface area contributed by atoms with Crippen molar-refractivity contribution in [2.45, 2.75) is 84.7 Å². The number of allylic oxidation sites excluding steroid dienone is 1. The number of fused-ring (bicyclic) bond motifs is 1. The van der Waals surface area contributed by atoms with Gasteiger partial charge in [-0.15, -0.1) is 0 Å². The maximum absolute atomic E-state index is 13.5. The fourth-order valence-electron chi connectivity index (χ4n) is 5.62. The molecular weight excluding hydrogens is 402 g/mol. The average molecular weight is 438 g/mol. The van der Waals surface area contributed by atoms with Crippen molar-refractivity contribution in [1.29, 1.82) is 0 Å². The summed E-state index contributed by atoms with van der Waals surface area (Å²) in [4.78, 5) is 31.8. The normalized spacial score (nSPS) is 25.8. The van der Waals surface area contributed by atoms with Crippen molar-refractivity contribution in [2.75, 3.05) is 6.61 Å². The lowest BCUT2D eigenvalue weighted by atomic mass is 9.63. The molecule has 32 heavy (non-hydrogen) atoms. The van der Waals surface area contributed by atoms with Gasteiger partial charge in [0.2, 0.25) is 0 Å². The molecular formula is C27H35NO4. The summed E-state index contributed by atoms with van der Waals surface area (Å²) in [5, 5.41) is 0. The number of hydrogen-bond acceptors (Lipinski definition) is 5. The molecule has 2 saturated carbocycles. The number of benzene rings is 1. The Kier molecular flexibility index (Phi) is 6.55. The van der Waals surface area contributed by atoms with E-state index >= 15 is 0 Å². The zero-order valence-corrected chi connectivity index (χ0v) is 19.8. The van der Waals surface area contributed by atoms with Crippen LogP contribution in [-0.4, -0.2) is 30.2 Å². The largest absolute Gasteiger partial charge is 0.494 e. The summed E-state index contributed by atoms with van der Waals surface area (Å²) in [6, 6.07) is 7.77. The maximum Gasteiger partial charge on any atom is 0.336 e. The number of aliphatic imine (C=N–C) groups is 1. The standard InChI is InChI=1S/C27H35NO4/c1-5-31-22-14-10-9-13-19(22)24-23(26(30)32-18-11-7-6-8-12-18)17(2)28-20-15-27(3,4)16-21(29)25(20)24/h9-10,13-14,18,24-25H,5-8,11-12,15-16H2,1-4H3/t24-,25?/m1/s1. The Morgan fingerprint density at radius 2 is 1.81 bits per heavy atom. The molecule has 0 amide bonds. The summed E-state index contributed by atoms with van der Waals surface area (Å²) in [5.41, 5.74) is 2.81. The number of carbonyl (C=O) groups excluding carboxylic acids is 2. The monoisotopic (exact) mass is 437 g/mol. The van der Waals surface area contributed by atoms with Gasteiger partial charge in [-0.1, -0.05) is 38.5 Å². The summed E-state index contributed by atoms with van der Waals surface area (Å²) in [6.45, 7) is 8.56. The van der Waals surface area contributed by atoms with Gasteiger partial charge in [-0.2, -0.15) is 0 Å². The van der Waals surface area contributed by atoms with E-state index in [1.54, 1.807) is 0 Å². The van der Waals surface area contributed by atoms with Crippen LogP contribution in [0.1, 0.15) is 84.1 Å². The molecule has 5 nitrogen and oxygen atoms in total. The van der Waals surface area contributed by atoms with E-state index in [4.69, 9.17) is 14.5 Å². The van der Waals surface area contributed by atoms with E-state index in [0.717, 1.165) is 49.1 Å². The number of rotatable bonds is 5. The molecule has 0 bridgehead atoms. The van der Waals surface area contributed by atoms with Gasteiger partial charge in [0.1, 0.15) is 17.6 Å². The van der Waals surface area contributed by atoms with E-state index in [9.17, 15) is 9.59 Å². The third kappa shape index (κ3) is 4.53. The molecule has 172 valence electrons. The van der Waals surface area contributed by atoms with Crippen molar-refractivity contribution in [3.8, 4) is 5.75 Å². The van der Waals surface area contributed by atoms with E-state index in [1.165, 1.54) is 6.42 Å². The lowest BCUT2D eigenvalue weighted by Crippen LogP contribution is -2.44. The minimum absolute atomic E-state index is 0.0503. The Morgan fingerprint density at radius 1 is 1.09 bits per heavy atom. The molecule has 1 aromatic carbocycles. The Hall–Kier alpha value is -2.43. The molecule has 1 unspecified atom stereocenters.